The first-order valence-electron chi connectivity index (χ1n) is 10.1. The summed E-state index contributed by atoms with van der Waals surface area (Å²) >= 11 is 0. The van der Waals surface area contributed by atoms with Crippen LogP contribution in [0.4, 0.5) is 5.95 Å². The molecule has 1 saturated carbocycles. The van der Waals surface area contributed by atoms with Gasteiger partial charge in [0.25, 0.3) is 0 Å². The molecule has 1 aromatic carbocycles. The van der Waals surface area contributed by atoms with Gasteiger partial charge in [-0.25, -0.2) is 9.50 Å². The third kappa shape index (κ3) is 4.18. The topological polar surface area (TPSA) is 90.6 Å². The minimum Gasteiger partial charge on any atom is -0.487 e. The van der Waals surface area contributed by atoms with Crippen LogP contribution in [0.5, 0.6) is 11.6 Å². The van der Waals surface area contributed by atoms with Crippen molar-refractivity contribution in [3.63, 3.8) is 0 Å². The number of nitrogens with one attached hydrogen (secondary N) is 1. The van der Waals surface area contributed by atoms with Gasteiger partial charge >= 0.3 is 0 Å². The van der Waals surface area contributed by atoms with E-state index in [1.165, 1.54) is 0 Å². The first-order chi connectivity index (χ1) is 15.2. The number of pyridine rings is 2. The average Bonchev–Trinajstić information content (AvgIpc) is 3.58. The van der Waals surface area contributed by atoms with Gasteiger partial charge in [-0.3, -0.25) is 10.1 Å². The fourth-order valence-corrected chi connectivity index (χ4v) is 3.28. The molecular weight excluding hydrogens is 394 g/mol. The minimum absolute atomic E-state index is 0.00974. The molecule has 1 amide bonds. The number of hydrogen-bond donors (Lipinski definition) is 1. The van der Waals surface area contributed by atoms with E-state index in [1.54, 1.807) is 17.7 Å². The standard InChI is InChI=1S/C23H21N5O3/c1-30-20-6-2-4-17(24-20)14-31-18-11-9-15(10-12-18)19-5-3-13-28-21(19)25-23(27-28)26-22(29)16-7-8-16/h2-6,9-13,16H,7-8,14H2,1H3,(H,26,27,29). The van der Waals surface area contributed by atoms with Crippen molar-refractivity contribution < 1.29 is 14.3 Å². The molecule has 31 heavy (non-hydrogen) atoms. The van der Waals surface area contributed by atoms with Crippen LogP contribution in [0.1, 0.15) is 18.5 Å². The van der Waals surface area contributed by atoms with Gasteiger partial charge in [0.1, 0.15) is 12.4 Å². The Morgan fingerprint density at radius 1 is 1.10 bits per heavy atom. The van der Waals surface area contributed by atoms with Crippen molar-refractivity contribution in [1.29, 1.82) is 0 Å². The highest BCUT2D eigenvalue weighted by Crippen LogP contribution is 2.30. The monoisotopic (exact) mass is 415 g/mol. The van der Waals surface area contributed by atoms with E-state index in [0.29, 0.717) is 24.1 Å². The third-order valence-corrected chi connectivity index (χ3v) is 5.09. The number of carbonyl (C=O) groups excluding carboxylic acids is 1. The number of hydrogen-bond acceptors (Lipinski definition) is 6. The second-order valence-electron chi connectivity index (χ2n) is 7.37. The van der Waals surface area contributed by atoms with Gasteiger partial charge in [-0.05, 0) is 48.7 Å². The fraction of sp³-hybridized carbons (Fsp3) is 0.217. The molecule has 0 saturated heterocycles. The number of carbonyl (C=O) groups is 1. The number of fused-ring (bicyclic) bond motifs is 1. The maximum Gasteiger partial charge on any atom is 0.249 e. The van der Waals surface area contributed by atoms with Gasteiger partial charge in [-0.15, -0.1) is 5.10 Å². The second-order valence-corrected chi connectivity index (χ2v) is 7.37. The summed E-state index contributed by atoms with van der Waals surface area (Å²) in [6.07, 6.45) is 3.69. The van der Waals surface area contributed by atoms with E-state index >= 15 is 0 Å². The maximum atomic E-state index is 12.0. The summed E-state index contributed by atoms with van der Waals surface area (Å²) in [6, 6.07) is 17.2. The summed E-state index contributed by atoms with van der Waals surface area (Å²) in [5, 5.41) is 7.18. The number of anilines is 1. The van der Waals surface area contributed by atoms with Crippen LogP contribution in [0.2, 0.25) is 0 Å². The van der Waals surface area contributed by atoms with Gasteiger partial charge in [-0.1, -0.05) is 18.2 Å². The van der Waals surface area contributed by atoms with E-state index < -0.39 is 0 Å². The van der Waals surface area contributed by atoms with E-state index in [9.17, 15) is 4.79 Å². The fourth-order valence-electron chi connectivity index (χ4n) is 3.28. The van der Waals surface area contributed by atoms with E-state index in [2.05, 4.69) is 20.4 Å². The van der Waals surface area contributed by atoms with Crippen LogP contribution < -0.4 is 14.8 Å². The summed E-state index contributed by atoms with van der Waals surface area (Å²) in [6.45, 7) is 0.348. The van der Waals surface area contributed by atoms with E-state index in [0.717, 1.165) is 35.4 Å². The first-order valence-corrected chi connectivity index (χ1v) is 10.1. The molecule has 1 N–H and O–H groups in total. The molecule has 0 aliphatic heterocycles. The zero-order valence-electron chi connectivity index (χ0n) is 17.0. The van der Waals surface area contributed by atoms with Crippen LogP contribution >= 0.6 is 0 Å². The van der Waals surface area contributed by atoms with Gasteiger partial charge in [0.2, 0.25) is 17.7 Å². The van der Waals surface area contributed by atoms with Crippen molar-refractivity contribution in [2.24, 2.45) is 5.92 Å². The van der Waals surface area contributed by atoms with Crippen molar-refractivity contribution in [2.45, 2.75) is 19.4 Å². The predicted molar refractivity (Wildman–Crippen MR) is 115 cm³/mol. The lowest BCUT2D eigenvalue weighted by Crippen LogP contribution is -2.14. The summed E-state index contributed by atoms with van der Waals surface area (Å²) in [7, 11) is 1.59. The Morgan fingerprint density at radius 3 is 2.71 bits per heavy atom. The maximum absolute atomic E-state index is 12.0. The molecule has 1 fully saturated rings. The van der Waals surface area contributed by atoms with Crippen LogP contribution in [0.15, 0.2) is 60.8 Å². The summed E-state index contributed by atoms with van der Waals surface area (Å²) in [5.74, 6) is 1.72. The molecule has 8 heteroatoms. The lowest BCUT2D eigenvalue weighted by atomic mass is 10.1. The van der Waals surface area contributed by atoms with Gasteiger partial charge in [0.15, 0.2) is 5.65 Å². The SMILES string of the molecule is COc1cccc(COc2ccc(-c3cccn4nc(NC(=O)C5CC5)nc34)cc2)n1. The van der Waals surface area contributed by atoms with Crippen LogP contribution in [-0.2, 0) is 11.4 Å². The number of methoxy groups -OCH3 is 1. The molecule has 0 atom stereocenters. The number of ether oxygens (including phenoxy) is 2. The summed E-state index contributed by atoms with van der Waals surface area (Å²) in [5.41, 5.74) is 3.37. The van der Waals surface area contributed by atoms with Gasteiger partial charge < -0.3 is 9.47 Å². The van der Waals surface area contributed by atoms with Gasteiger partial charge in [0, 0.05) is 23.7 Å². The Balaban J connectivity index is 1.32. The van der Waals surface area contributed by atoms with Crippen molar-refractivity contribution in [3.05, 3.63) is 66.5 Å². The summed E-state index contributed by atoms with van der Waals surface area (Å²) < 4.78 is 12.7. The molecule has 0 unspecified atom stereocenters. The molecule has 5 rings (SSSR count). The van der Waals surface area contributed by atoms with E-state index in [4.69, 9.17) is 9.47 Å². The lowest BCUT2D eigenvalue weighted by Gasteiger charge is -2.08. The molecule has 1 aliphatic carbocycles. The number of benzene rings is 1. The zero-order valence-corrected chi connectivity index (χ0v) is 17.0. The van der Waals surface area contributed by atoms with Crippen LogP contribution in [-0.4, -0.2) is 32.6 Å². The Hall–Kier alpha value is -3.94. The molecule has 8 nitrogen and oxygen atoms in total. The highest BCUT2D eigenvalue weighted by molar-refractivity contribution is 5.93. The third-order valence-electron chi connectivity index (χ3n) is 5.09. The molecule has 0 spiro atoms. The average molecular weight is 415 g/mol. The van der Waals surface area contributed by atoms with Crippen molar-refractivity contribution >= 4 is 17.5 Å². The first kappa shape index (κ1) is 19.0. The molecular formula is C23H21N5O3. The highest BCUT2D eigenvalue weighted by Gasteiger charge is 2.30. The number of amides is 1. The van der Waals surface area contributed by atoms with E-state index in [-0.39, 0.29) is 11.8 Å². The highest BCUT2D eigenvalue weighted by atomic mass is 16.5. The van der Waals surface area contributed by atoms with Crippen LogP contribution in [0, 0.1) is 5.92 Å². The number of aromatic nitrogens is 4. The normalized spacial score (nSPS) is 13.2. The zero-order chi connectivity index (χ0) is 21.2. The van der Waals surface area contributed by atoms with Gasteiger partial charge in [0.05, 0.1) is 12.8 Å². The second kappa shape index (κ2) is 8.06. The van der Waals surface area contributed by atoms with Crippen molar-refractivity contribution in [3.8, 4) is 22.8 Å². The van der Waals surface area contributed by atoms with E-state index in [1.807, 2.05) is 54.7 Å². The predicted octanol–water partition coefficient (Wildman–Crippen LogP) is 3.73. The van der Waals surface area contributed by atoms with Crippen molar-refractivity contribution in [1.82, 2.24) is 19.6 Å². The molecule has 3 aromatic heterocycles. The lowest BCUT2D eigenvalue weighted by molar-refractivity contribution is -0.117. The Kier molecular flexibility index (Phi) is 4.95. The largest absolute Gasteiger partial charge is 0.487 e. The van der Waals surface area contributed by atoms with Crippen LogP contribution in [0.25, 0.3) is 16.8 Å². The Morgan fingerprint density at radius 2 is 1.94 bits per heavy atom. The molecule has 3 heterocycles. The molecule has 0 bridgehead atoms. The Bertz CT molecular complexity index is 1230. The number of nitrogens with zero attached hydrogens (tertiary/aromatic N) is 4. The minimum atomic E-state index is -0.00974. The summed E-state index contributed by atoms with van der Waals surface area (Å²) in [4.78, 5) is 20.9. The molecule has 0 radical (unpaired) electrons. The van der Waals surface area contributed by atoms with Crippen molar-refractivity contribution in [2.75, 3.05) is 12.4 Å². The number of rotatable bonds is 7. The smallest absolute Gasteiger partial charge is 0.249 e. The molecule has 156 valence electrons. The molecule has 1 aliphatic rings. The van der Waals surface area contributed by atoms with Gasteiger partial charge in [-0.2, -0.15) is 4.98 Å². The molecule has 4 aromatic rings. The Labute approximate surface area is 178 Å². The van der Waals surface area contributed by atoms with Crippen LogP contribution in [0.3, 0.4) is 0 Å². The quantitative estimate of drug-likeness (QED) is 0.495.